The summed E-state index contributed by atoms with van der Waals surface area (Å²) >= 11 is 0. The number of anilines is 1. The molecule has 0 saturated carbocycles. The number of halogens is 1. The minimum absolute atomic E-state index is 0.231. The molecule has 2 aromatic heterocycles. The van der Waals surface area contributed by atoms with Gasteiger partial charge in [0.2, 0.25) is 5.69 Å². The molecule has 0 fully saturated rings. The molecule has 9 nitrogen and oxygen atoms in total. The minimum atomic E-state index is -0.715. The molecule has 0 aliphatic heterocycles. The van der Waals surface area contributed by atoms with Crippen molar-refractivity contribution >= 4 is 17.4 Å². The SMILES string of the molecule is Cc1c([N+](=O)[O-])c(C(=O)Nc2ccn(Cc3ccc(F)cc3)n2)nn1C. The van der Waals surface area contributed by atoms with Gasteiger partial charge < -0.3 is 5.32 Å². The summed E-state index contributed by atoms with van der Waals surface area (Å²) in [6, 6.07) is 7.53. The van der Waals surface area contributed by atoms with Crippen LogP contribution >= 0.6 is 0 Å². The molecule has 1 N–H and O–H groups in total. The third-order valence-electron chi connectivity index (χ3n) is 3.84. The number of carbonyl (C=O) groups excluding carboxylic acids is 1. The van der Waals surface area contributed by atoms with Gasteiger partial charge in [0.1, 0.15) is 11.5 Å². The number of hydrogen-bond donors (Lipinski definition) is 1. The van der Waals surface area contributed by atoms with Crippen molar-refractivity contribution in [3.05, 3.63) is 69.4 Å². The van der Waals surface area contributed by atoms with Gasteiger partial charge in [-0.15, -0.1) is 0 Å². The number of aromatic nitrogens is 4. The van der Waals surface area contributed by atoms with Crippen LogP contribution in [0.15, 0.2) is 36.5 Å². The molecule has 134 valence electrons. The highest BCUT2D eigenvalue weighted by molar-refractivity contribution is 6.05. The Balaban J connectivity index is 1.75. The summed E-state index contributed by atoms with van der Waals surface area (Å²) < 4.78 is 15.8. The Kier molecular flexibility index (Phi) is 4.48. The fourth-order valence-corrected chi connectivity index (χ4v) is 2.44. The highest BCUT2D eigenvalue weighted by Crippen LogP contribution is 2.22. The monoisotopic (exact) mass is 358 g/mol. The summed E-state index contributed by atoms with van der Waals surface area (Å²) in [5.74, 6) is -0.809. The van der Waals surface area contributed by atoms with E-state index < -0.39 is 10.8 Å². The molecular weight excluding hydrogens is 343 g/mol. The van der Waals surface area contributed by atoms with Crippen LogP contribution in [0.3, 0.4) is 0 Å². The van der Waals surface area contributed by atoms with Crippen LogP contribution in [-0.4, -0.2) is 30.4 Å². The molecule has 0 atom stereocenters. The van der Waals surface area contributed by atoms with Gasteiger partial charge in [0.05, 0.1) is 11.5 Å². The van der Waals surface area contributed by atoms with Gasteiger partial charge >= 0.3 is 5.69 Å². The smallest absolute Gasteiger partial charge is 0.303 e. The van der Waals surface area contributed by atoms with Crippen LogP contribution in [0.25, 0.3) is 0 Å². The van der Waals surface area contributed by atoms with E-state index in [4.69, 9.17) is 0 Å². The summed E-state index contributed by atoms with van der Waals surface area (Å²) in [4.78, 5) is 22.9. The van der Waals surface area contributed by atoms with E-state index >= 15 is 0 Å². The van der Waals surface area contributed by atoms with Gasteiger partial charge in [-0.1, -0.05) is 12.1 Å². The lowest BCUT2D eigenvalue weighted by Gasteiger charge is -2.02. The minimum Gasteiger partial charge on any atom is -0.303 e. The van der Waals surface area contributed by atoms with Gasteiger partial charge in [0.25, 0.3) is 5.91 Å². The second kappa shape index (κ2) is 6.75. The maximum Gasteiger partial charge on any atom is 0.322 e. The van der Waals surface area contributed by atoms with Crippen LogP contribution in [0.1, 0.15) is 21.7 Å². The zero-order valence-electron chi connectivity index (χ0n) is 14.0. The second-order valence-electron chi connectivity index (χ2n) is 5.64. The van der Waals surface area contributed by atoms with Crippen LogP contribution in [0.2, 0.25) is 0 Å². The van der Waals surface area contributed by atoms with Crippen LogP contribution in [0, 0.1) is 22.9 Å². The lowest BCUT2D eigenvalue weighted by atomic mass is 10.2. The quantitative estimate of drug-likeness (QED) is 0.556. The van der Waals surface area contributed by atoms with Crippen molar-refractivity contribution in [2.75, 3.05) is 5.32 Å². The molecule has 0 bridgehead atoms. The first-order valence-electron chi connectivity index (χ1n) is 7.62. The van der Waals surface area contributed by atoms with Crippen molar-refractivity contribution in [3.63, 3.8) is 0 Å². The number of carbonyl (C=O) groups is 1. The fourth-order valence-electron chi connectivity index (χ4n) is 2.44. The van der Waals surface area contributed by atoms with Crippen molar-refractivity contribution < 1.29 is 14.1 Å². The molecule has 0 aliphatic rings. The maximum absolute atomic E-state index is 12.9. The third kappa shape index (κ3) is 3.43. The molecule has 0 aliphatic carbocycles. The zero-order chi connectivity index (χ0) is 18.8. The van der Waals surface area contributed by atoms with Crippen molar-refractivity contribution in [3.8, 4) is 0 Å². The van der Waals surface area contributed by atoms with Crippen LogP contribution in [0.5, 0.6) is 0 Å². The highest BCUT2D eigenvalue weighted by Gasteiger charge is 2.29. The van der Waals surface area contributed by atoms with Gasteiger partial charge in [-0.3, -0.25) is 24.3 Å². The number of nitrogens with zero attached hydrogens (tertiary/aromatic N) is 5. The predicted molar refractivity (Wildman–Crippen MR) is 90.3 cm³/mol. The summed E-state index contributed by atoms with van der Waals surface area (Å²) in [7, 11) is 1.52. The molecule has 0 saturated heterocycles. The maximum atomic E-state index is 12.9. The molecule has 1 aromatic carbocycles. The average molecular weight is 358 g/mol. The molecule has 26 heavy (non-hydrogen) atoms. The molecule has 10 heteroatoms. The molecule has 3 aromatic rings. The van der Waals surface area contributed by atoms with Gasteiger partial charge in [-0.25, -0.2) is 4.39 Å². The van der Waals surface area contributed by atoms with E-state index in [0.717, 1.165) is 5.56 Å². The largest absolute Gasteiger partial charge is 0.322 e. The van der Waals surface area contributed by atoms with Gasteiger partial charge in [-0.05, 0) is 24.6 Å². The fraction of sp³-hybridized carbons (Fsp3) is 0.188. The first-order valence-corrected chi connectivity index (χ1v) is 7.62. The molecule has 2 heterocycles. The van der Waals surface area contributed by atoms with Gasteiger partial charge in [0.15, 0.2) is 5.82 Å². The number of nitrogens with one attached hydrogen (secondary N) is 1. The Labute approximate surface area is 147 Å². The van der Waals surface area contributed by atoms with Crippen molar-refractivity contribution in [1.29, 1.82) is 0 Å². The molecule has 3 rings (SSSR count). The van der Waals surface area contributed by atoms with E-state index in [0.29, 0.717) is 6.54 Å². The molecular formula is C16H15FN6O3. The number of rotatable bonds is 5. The number of hydrogen-bond acceptors (Lipinski definition) is 5. The average Bonchev–Trinajstić information content (AvgIpc) is 3.14. The normalized spacial score (nSPS) is 10.7. The Morgan fingerprint density at radius 3 is 2.62 bits per heavy atom. The van der Waals surface area contributed by atoms with E-state index in [1.807, 2.05) is 0 Å². The number of amides is 1. The van der Waals surface area contributed by atoms with Crippen LogP contribution < -0.4 is 5.32 Å². The van der Waals surface area contributed by atoms with E-state index in [1.165, 1.54) is 30.8 Å². The predicted octanol–water partition coefficient (Wildman–Crippen LogP) is 2.27. The van der Waals surface area contributed by atoms with E-state index in [-0.39, 0.29) is 28.7 Å². The summed E-state index contributed by atoms with van der Waals surface area (Å²) in [5, 5.41) is 21.8. The number of benzene rings is 1. The van der Waals surface area contributed by atoms with Crippen LogP contribution in [-0.2, 0) is 13.6 Å². The zero-order valence-corrected chi connectivity index (χ0v) is 14.0. The Morgan fingerprint density at radius 1 is 1.27 bits per heavy atom. The van der Waals surface area contributed by atoms with Crippen molar-refractivity contribution in [2.45, 2.75) is 13.5 Å². The van der Waals surface area contributed by atoms with Gasteiger partial charge in [0, 0.05) is 19.3 Å². The summed E-state index contributed by atoms with van der Waals surface area (Å²) in [6.45, 7) is 1.90. The highest BCUT2D eigenvalue weighted by atomic mass is 19.1. The molecule has 0 spiro atoms. The van der Waals surface area contributed by atoms with E-state index in [9.17, 15) is 19.3 Å². The van der Waals surface area contributed by atoms with E-state index in [2.05, 4.69) is 15.5 Å². The Morgan fingerprint density at radius 2 is 1.96 bits per heavy atom. The lowest BCUT2D eigenvalue weighted by molar-refractivity contribution is -0.385. The number of nitro groups is 1. The standard InChI is InChI=1S/C16H15FN6O3/c1-10-15(23(25)26)14(20-21(10)2)16(24)18-13-7-8-22(19-13)9-11-3-5-12(17)6-4-11/h3-8H,9H2,1-2H3,(H,18,19,24). The lowest BCUT2D eigenvalue weighted by Crippen LogP contribution is -2.15. The summed E-state index contributed by atoms with van der Waals surface area (Å²) in [6.07, 6.45) is 1.64. The second-order valence-corrected chi connectivity index (χ2v) is 5.64. The summed E-state index contributed by atoms with van der Waals surface area (Å²) in [5.41, 5.74) is 0.504. The van der Waals surface area contributed by atoms with E-state index in [1.54, 1.807) is 29.1 Å². The topological polar surface area (TPSA) is 108 Å². The number of aryl methyl sites for hydroxylation is 1. The van der Waals surface area contributed by atoms with Crippen molar-refractivity contribution in [1.82, 2.24) is 19.6 Å². The Hall–Kier alpha value is -3.56. The Bertz CT molecular complexity index is 977. The molecule has 0 unspecified atom stereocenters. The third-order valence-corrected chi connectivity index (χ3v) is 3.84. The van der Waals surface area contributed by atoms with Gasteiger partial charge in [-0.2, -0.15) is 10.2 Å². The first kappa shape index (κ1) is 17.3. The molecule has 1 amide bonds. The van der Waals surface area contributed by atoms with Crippen LogP contribution in [0.4, 0.5) is 15.9 Å². The molecule has 0 radical (unpaired) electrons. The first-order chi connectivity index (χ1) is 12.3. The van der Waals surface area contributed by atoms with Crippen molar-refractivity contribution in [2.24, 2.45) is 7.05 Å².